The summed E-state index contributed by atoms with van der Waals surface area (Å²) in [6, 6.07) is 93.1. The monoisotopic (exact) mass is 1600 g/mol. The third-order valence-corrected chi connectivity index (χ3v) is 28.9. The molecule has 0 saturated heterocycles. The van der Waals surface area contributed by atoms with Crippen LogP contribution in [0.1, 0.15) is 249 Å². The molecule has 0 spiro atoms. The van der Waals surface area contributed by atoms with Gasteiger partial charge >= 0.3 is 0 Å². The Bertz CT molecular complexity index is 6260. The summed E-state index contributed by atoms with van der Waals surface area (Å²) in [7, 11) is 11.0. The Kier molecular flexibility index (Phi) is 26.1. The molecule has 5 aliphatic carbocycles. The van der Waals surface area contributed by atoms with Crippen molar-refractivity contribution in [2.75, 3.05) is 0 Å². The largest absolute Gasteiger partial charge is 0.213 e. The van der Waals surface area contributed by atoms with Crippen molar-refractivity contribution in [1.82, 2.24) is 0 Å². The zero-order chi connectivity index (χ0) is 84.0. The van der Waals surface area contributed by atoms with E-state index in [2.05, 4.69) is 369 Å². The van der Waals surface area contributed by atoms with Gasteiger partial charge in [0.15, 0.2) is 0 Å². The molecule has 616 valence electrons. The standard InChI is InChI=1S/2C24H28N.2C23H26N.C22H24N/c1-16-13-17(2)18(3)22(14-16)23-12-11-20-9-10-21(15-24(20)25(23)4)19-7-5-6-8-19;1-17-13-14-18(2)21(15-17)24-16-22(19-9-5-4-6-10-19)20-11-7-8-12-23(20)25(24)3;1-16-8-9-17(2)21(14-16)22-13-12-19-10-11-20(15-23(19)24(22)3)18-6-4-5-7-18;1-17-10-6-7-13-19(17)23-16-21(18-11-4-3-5-12-18)20-14-8-9-15-22(20)24(23)2;1-16-7-3-6-10-20(16)21-14-13-18-11-12-19(15-22(18)23(21)2)17-8-4-5-9-17/h9-15,19H,5-8H2,1-4H3;7-8,11-16,19H,4-6,9-10H2,1-3H3;8-15,18H,4-7H2,1-3H3;6-10,13-16,18H,3-5,11-12H2,1-2H3;3,6-7,10-15,17H,4-5,8-9H2,1-2H3/q5*+1. The van der Waals surface area contributed by atoms with Crippen LogP contribution in [0.5, 0.6) is 0 Å². The lowest BCUT2D eigenvalue weighted by Gasteiger charge is -2.23. The molecule has 0 unspecified atom stereocenters. The van der Waals surface area contributed by atoms with Crippen molar-refractivity contribution in [1.29, 1.82) is 0 Å². The SMILES string of the molecule is Cc1cc(C)c(C)c(-c2ccc3ccc(C4CCCC4)cc3[n+]2C)c1.Cc1ccc(C)c(-c2cc(C3CCCCC3)c3ccccc3[n+]2C)c1.Cc1ccc(C)c(-c2ccc3ccc(C4CCCC4)cc3[n+]2C)c1.Cc1ccccc1-c1cc(C2CCCCC2)c2ccccc2[n+]1C.Cc1ccccc1-c1ccc2ccc(C3CCCC3)cc2[n+]1C. The predicted octanol–water partition coefficient (Wildman–Crippen LogP) is 28.5. The molecule has 5 nitrogen and oxygen atoms in total. The average molecular weight is 1600 g/mol. The summed E-state index contributed by atoms with van der Waals surface area (Å²) in [4.78, 5) is 0. The maximum absolute atomic E-state index is 2.49. The van der Waals surface area contributed by atoms with Crippen molar-refractivity contribution in [3.8, 4) is 56.3 Å². The third kappa shape index (κ3) is 18.3. The highest BCUT2D eigenvalue weighted by molar-refractivity contribution is 5.86. The van der Waals surface area contributed by atoms with Crippen molar-refractivity contribution < 1.29 is 22.8 Å². The molecule has 5 heterocycles. The van der Waals surface area contributed by atoms with Crippen molar-refractivity contribution in [3.63, 3.8) is 0 Å². The lowest BCUT2D eigenvalue weighted by Crippen LogP contribution is -2.33. The number of hydrogen-bond donors (Lipinski definition) is 0. The van der Waals surface area contributed by atoms with Crippen LogP contribution in [0.3, 0.4) is 0 Å². The van der Waals surface area contributed by atoms with E-state index in [4.69, 9.17) is 0 Å². The van der Waals surface area contributed by atoms with Gasteiger partial charge in [-0.3, -0.25) is 0 Å². The minimum Gasteiger partial charge on any atom is -0.194 e. The first-order valence-corrected chi connectivity index (χ1v) is 46.3. The highest BCUT2D eigenvalue weighted by Gasteiger charge is 2.30. The fourth-order valence-electron chi connectivity index (χ4n) is 21.6. The maximum Gasteiger partial charge on any atom is 0.213 e. The minimum atomic E-state index is 0.712. The molecule has 0 radical (unpaired) electrons. The number of para-hydroxylation sites is 2. The van der Waals surface area contributed by atoms with Crippen molar-refractivity contribution in [2.24, 2.45) is 35.2 Å². The van der Waals surface area contributed by atoms with Crippen LogP contribution in [-0.2, 0) is 35.2 Å². The highest BCUT2D eigenvalue weighted by Crippen LogP contribution is 2.43. The zero-order valence-electron chi connectivity index (χ0n) is 75.4. The van der Waals surface area contributed by atoms with Crippen LogP contribution in [0.25, 0.3) is 111 Å². The summed E-state index contributed by atoms with van der Waals surface area (Å²) >= 11 is 0. The van der Waals surface area contributed by atoms with Crippen molar-refractivity contribution in [3.05, 3.63) is 327 Å². The summed E-state index contributed by atoms with van der Waals surface area (Å²) in [5.74, 6) is 3.72. The van der Waals surface area contributed by atoms with Crippen LogP contribution in [-0.4, -0.2) is 0 Å². The molecule has 20 rings (SSSR count). The normalized spacial score (nSPS) is 15.5. The molecule has 0 amide bonds. The number of rotatable bonds is 10. The molecule has 0 atom stereocenters. The van der Waals surface area contributed by atoms with Gasteiger partial charge in [0.1, 0.15) is 35.2 Å². The number of aromatic nitrogens is 5. The van der Waals surface area contributed by atoms with Crippen LogP contribution >= 0.6 is 0 Å². The Morgan fingerprint density at radius 3 is 0.909 bits per heavy atom. The smallest absolute Gasteiger partial charge is 0.194 e. The first-order chi connectivity index (χ1) is 58.8. The van der Waals surface area contributed by atoms with E-state index in [1.807, 2.05) is 0 Å². The molecule has 0 aliphatic heterocycles. The van der Waals surface area contributed by atoms with Gasteiger partial charge in [0.2, 0.25) is 56.1 Å². The second kappa shape index (κ2) is 37.7. The Hall–Kier alpha value is -10.8. The lowest BCUT2D eigenvalue weighted by molar-refractivity contribution is -0.633. The second-order valence-electron chi connectivity index (χ2n) is 37.0. The Balaban J connectivity index is 0.000000112. The van der Waals surface area contributed by atoms with E-state index in [-0.39, 0.29) is 0 Å². The molecule has 0 bridgehead atoms. The zero-order valence-corrected chi connectivity index (χ0v) is 75.4. The van der Waals surface area contributed by atoms with Crippen LogP contribution < -0.4 is 22.8 Å². The van der Waals surface area contributed by atoms with Crippen molar-refractivity contribution >= 4 is 54.5 Å². The molecule has 5 heteroatoms. The topological polar surface area (TPSA) is 19.4 Å². The van der Waals surface area contributed by atoms with Gasteiger partial charge in [-0.05, 0) is 296 Å². The van der Waals surface area contributed by atoms with E-state index in [0.29, 0.717) is 11.8 Å². The molecule has 5 aliphatic rings. The van der Waals surface area contributed by atoms with Gasteiger partial charge in [0.25, 0.3) is 0 Å². The van der Waals surface area contributed by atoms with Gasteiger partial charge in [-0.25, -0.2) is 0 Å². The molecular formula is C116H132N5+5. The lowest BCUT2D eigenvalue weighted by atomic mass is 9.82. The van der Waals surface area contributed by atoms with Crippen LogP contribution in [0, 0.1) is 62.3 Å². The van der Waals surface area contributed by atoms with E-state index in [9.17, 15) is 0 Å². The van der Waals surface area contributed by atoms with E-state index in [0.717, 1.165) is 17.8 Å². The average Bonchev–Trinajstić information content (AvgIpc) is 1.64. The molecule has 15 aromatic rings. The van der Waals surface area contributed by atoms with E-state index < -0.39 is 0 Å². The predicted molar refractivity (Wildman–Crippen MR) is 511 cm³/mol. The van der Waals surface area contributed by atoms with Crippen LogP contribution in [0.4, 0.5) is 0 Å². The minimum absolute atomic E-state index is 0.712. The Morgan fingerprint density at radius 2 is 0.504 bits per heavy atom. The number of pyridine rings is 5. The fourth-order valence-corrected chi connectivity index (χ4v) is 21.6. The molecule has 10 aromatic carbocycles. The first-order valence-electron chi connectivity index (χ1n) is 46.3. The number of aryl methyl sites for hydroxylation is 13. The first kappa shape index (κ1) is 83.9. The number of hydrogen-bond acceptors (Lipinski definition) is 0. The van der Waals surface area contributed by atoms with Gasteiger partial charge in [0, 0.05) is 115 Å². The van der Waals surface area contributed by atoms with Gasteiger partial charge in [-0.15, -0.1) is 0 Å². The Labute approximate surface area is 723 Å². The molecule has 5 aromatic heterocycles. The molecule has 5 saturated carbocycles. The number of benzene rings is 10. The van der Waals surface area contributed by atoms with Gasteiger partial charge in [-0.2, -0.15) is 22.8 Å². The quantitative estimate of drug-likeness (QED) is 0.122. The summed E-state index contributed by atoms with van der Waals surface area (Å²) in [6.45, 7) is 19.8. The van der Waals surface area contributed by atoms with Crippen LogP contribution in [0.2, 0.25) is 0 Å². The summed E-state index contributed by atoms with van der Waals surface area (Å²) in [6.07, 6.45) is 30.1. The van der Waals surface area contributed by atoms with Gasteiger partial charge in [-0.1, -0.05) is 203 Å². The summed E-state index contributed by atoms with van der Waals surface area (Å²) < 4.78 is 11.9. The number of fused-ring (bicyclic) bond motifs is 5. The summed E-state index contributed by atoms with van der Waals surface area (Å²) in [5.41, 5.74) is 39.8. The third-order valence-electron chi connectivity index (χ3n) is 28.9. The Morgan fingerprint density at radius 1 is 0.207 bits per heavy atom. The van der Waals surface area contributed by atoms with Gasteiger partial charge in [0.05, 0.1) is 0 Å². The highest BCUT2D eigenvalue weighted by atomic mass is 15.0. The van der Waals surface area contributed by atoms with Gasteiger partial charge < -0.3 is 0 Å². The van der Waals surface area contributed by atoms with Crippen LogP contribution in [0.15, 0.2) is 249 Å². The van der Waals surface area contributed by atoms with E-state index in [1.54, 1.807) is 11.1 Å². The maximum atomic E-state index is 2.49. The van der Waals surface area contributed by atoms with E-state index in [1.165, 1.54) is 319 Å². The van der Waals surface area contributed by atoms with E-state index >= 15 is 0 Å². The molecule has 0 N–H and O–H groups in total. The molecule has 121 heavy (non-hydrogen) atoms. The molecular weight excluding hydrogens is 1460 g/mol. The fraction of sp³-hybridized carbons (Fsp3) is 0.353. The van der Waals surface area contributed by atoms with Crippen molar-refractivity contribution in [2.45, 2.75) is 233 Å². The summed E-state index contributed by atoms with van der Waals surface area (Å²) in [5, 5.41) is 6.85. The second-order valence-corrected chi connectivity index (χ2v) is 37.0. The molecule has 5 fully saturated rings. The number of nitrogens with zero attached hydrogens (tertiary/aromatic N) is 5.